The average Bonchev–Trinajstić information content (AvgIpc) is 2.89. The van der Waals surface area contributed by atoms with E-state index in [0.29, 0.717) is 25.6 Å². The maximum atomic E-state index is 12.5. The van der Waals surface area contributed by atoms with E-state index in [1.54, 1.807) is 0 Å². The third kappa shape index (κ3) is 4.99. The van der Waals surface area contributed by atoms with Crippen LogP contribution in [-0.2, 0) is 11.3 Å². The van der Waals surface area contributed by atoms with Gasteiger partial charge in [0, 0.05) is 50.4 Å². The standard InChI is InChI=1S/C20H30N4O2/c1-22(2)14-17-15-24(12-13-26-16-17)20(25)21-9-5-10-23-11-8-18-6-3-4-7-19(18)23/h3-4,6-8,11,17H,5,9-10,12-16H2,1-2H3,(H,21,25)/t17-/m1/s1. The minimum atomic E-state index is 0.0246. The summed E-state index contributed by atoms with van der Waals surface area (Å²) < 4.78 is 7.90. The summed E-state index contributed by atoms with van der Waals surface area (Å²) in [5, 5.41) is 4.33. The Balaban J connectivity index is 1.44. The van der Waals surface area contributed by atoms with Gasteiger partial charge in [-0.3, -0.25) is 0 Å². The fourth-order valence-corrected chi connectivity index (χ4v) is 3.58. The number of carbonyl (C=O) groups excluding carboxylic acids is 1. The van der Waals surface area contributed by atoms with Crippen LogP contribution >= 0.6 is 0 Å². The van der Waals surface area contributed by atoms with Gasteiger partial charge >= 0.3 is 6.03 Å². The van der Waals surface area contributed by atoms with E-state index in [-0.39, 0.29) is 6.03 Å². The van der Waals surface area contributed by atoms with Gasteiger partial charge in [-0.15, -0.1) is 0 Å². The lowest BCUT2D eigenvalue weighted by Gasteiger charge is -2.25. The van der Waals surface area contributed by atoms with Crippen LogP contribution in [0.1, 0.15) is 6.42 Å². The molecule has 142 valence electrons. The molecule has 1 aromatic heterocycles. The lowest BCUT2D eigenvalue weighted by atomic mass is 10.1. The van der Waals surface area contributed by atoms with E-state index in [1.807, 2.05) is 4.90 Å². The number of amides is 2. The zero-order valence-corrected chi connectivity index (χ0v) is 15.9. The maximum absolute atomic E-state index is 12.5. The molecule has 26 heavy (non-hydrogen) atoms. The highest BCUT2D eigenvalue weighted by Gasteiger charge is 2.22. The normalized spacial score (nSPS) is 18.3. The zero-order chi connectivity index (χ0) is 18.4. The van der Waals surface area contributed by atoms with Crippen LogP contribution in [0.2, 0.25) is 0 Å². The van der Waals surface area contributed by atoms with Crippen LogP contribution in [-0.4, -0.2) is 73.9 Å². The summed E-state index contributed by atoms with van der Waals surface area (Å²) in [6.07, 6.45) is 3.03. The molecule has 0 aliphatic carbocycles. The number of hydrogen-bond acceptors (Lipinski definition) is 3. The topological polar surface area (TPSA) is 49.7 Å². The molecule has 1 fully saturated rings. The van der Waals surface area contributed by atoms with Crippen molar-refractivity contribution in [2.75, 3.05) is 53.5 Å². The van der Waals surface area contributed by atoms with Crippen LogP contribution in [0.15, 0.2) is 36.5 Å². The van der Waals surface area contributed by atoms with Crippen LogP contribution in [0.3, 0.4) is 0 Å². The summed E-state index contributed by atoms with van der Waals surface area (Å²) in [6, 6.07) is 10.5. The van der Waals surface area contributed by atoms with Crippen molar-refractivity contribution in [3.63, 3.8) is 0 Å². The SMILES string of the molecule is CN(C)C[C@H]1COCCN(C(=O)NCCCn2ccc3ccccc32)C1. The van der Waals surface area contributed by atoms with Gasteiger partial charge in [0.1, 0.15) is 0 Å². The molecule has 3 rings (SSSR count). The molecule has 1 aliphatic heterocycles. The molecule has 1 N–H and O–H groups in total. The van der Waals surface area contributed by atoms with E-state index in [1.165, 1.54) is 10.9 Å². The van der Waals surface area contributed by atoms with E-state index in [4.69, 9.17) is 4.74 Å². The second-order valence-electron chi connectivity index (χ2n) is 7.30. The first-order valence-electron chi connectivity index (χ1n) is 9.42. The summed E-state index contributed by atoms with van der Waals surface area (Å²) in [5.74, 6) is 0.365. The van der Waals surface area contributed by atoms with Crippen molar-refractivity contribution < 1.29 is 9.53 Å². The van der Waals surface area contributed by atoms with Crippen molar-refractivity contribution in [3.05, 3.63) is 36.5 Å². The number of rotatable bonds is 6. The number of ether oxygens (including phenoxy) is 1. The fraction of sp³-hybridized carbons (Fsp3) is 0.550. The van der Waals surface area contributed by atoms with Crippen molar-refractivity contribution >= 4 is 16.9 Å². The van der Waals surface area contributed by atoms with E-state index < -0.39 is 0 Å². The second-order valence-corrected chi connectivity index (χ2v) is 7.30. The Labute approximate surface area is 155 Å². The van der Waals surface area contributed by atoms with Gasteiger partial charge in [0.15, 0.2) is 0 Å². The van der Waals surface area contributed by atoms with Gasteiger partial charge in [0.05, 0.1) is 13.2 Å². The molecular weight excluding hydrogens is 328 g/mol. The Morgan fingerprint density at radius 3 is 3.00 bits per heavy atom. The number of nitrogens with one attached hydrogen (secondary N) is 1. The lowest BCUT2D eigenvalue weighted by Crippen LogP contribution is -2.44. The molecule has 1 aromatic carbocycles. The lowest BCUT2D eigenvalue weighted by molar-refractivity contribution is 0.112. The van der Waals surface area contributed by atoms with Crippen molar-refractivity contribution in [3.8, 4) is 0 Å². The smallest absolute Gasteiger partial charge is 0.317 e. The number of aryl methyl sites for hydroxylation is 1. The van der Waals surface area contributed by atoms with Crippen LogP contribution in [0.5, 0.6) is 0 Å². The molecule has 1 saturated heterocycles. The Morgan fingerprint density at radius 1 is 1.31 bits per heavy atom. The first kappa shape index (κ1) is 18.7. The minimum absolute atomic E-state index is 0.0246. The molecule has 0 saturated carbocycles. The van der Waals surface area contributed by atoms with Gasteiger partial charge in [-0.2, -0.15) is 0 Å². The van der Waals surface area contributed by atoms with E-state index in [9.17, 15) is 4.79 Å². The zero-order valence-electron chi connectivity index (χ0n) is 15.9. The summed E-state index contributed by atoms with van der Waals surface area (Å²) in [6.45, 7) is 5.28. The van der Waals surface area contributed by atoms with Crippen molar-refractivity contribution in [2.24, 2.45) is 5.92 Å². The van der Waals surface area contributed by atoms with Crippen molar-refractivity contribution in [2.45, 2.75) is 13.0 Å². The number of fused-ring (bicyclic) bond motifs is 1. The predicted molar refractivity (Wildman–Crippen MR) is 104 cm³/mol. The number of urea groups is 1. The molecule has 2 heterocycles. The first-order valence-corrected chi connectivity index (χ1v) is 9.42. The Kier molecular flexibility index (Phi) is 6.52. The molecule has 6 nitrogen and oxygen atoms in total. The van der Waals surface area contributed by atoms with Crippen molar-refractivity contribution in [1.82, 2.24) is 19.7 Å². The molecule has 0 radical (unpaired) electrons. The fourth-order valence-electron chi connectivity index (χ4n) is 3.58. The number of benzene rings is 1. The largest absolute Gasteiger partial charge is 0.379 e. The summed E-state index contributed by atoms with van der Waals surface area (Å²) >= 11 is 0. The average molecular weight is 358 g/mol. The number of carbonyl (C=O) groups is 1. The van der Waals surface area contributed by atoms with Crippen LogP contribution in [0.25, 0.3) is 10.9 Å². The molecule has 2 aromatic rings. The van der Waals surface area contributed by atoms with Crippen molar-refractivity contribution in [1.29, 1.82) is 0 Å². The van der Waals surface area contributed by atoms with Crippen LogP contribution in [0, 0.1) is 5.92 Å². The molecule has 6 heteroatoms. The van der Waals surface area contributed by atoms with Gasteiger partial charge in [-0.05, 0) is 38.0 Å². The van der Waals surface area contributed by atoms with Gasteiger partial charge < -0.3 is 24.4 Å². The summed E-state index contributed by atoms with van der Waals surface area (Å²) in [5.41, 5.74) is 1.25. The number of hydrogen-bond donors (Lipinski definition) is 1. The van der Waals surface area contributed by atoms with Gasteiger partial charge in [0.25, 0.3) is 0 Å². The highest BCUT2D eigenvalue weighted by atomic mass is 16.5. The molecule has 0 spiro atoms. The van der Waals surface area contributed by atoms with E-state index in [2.05, 4.69) is 65.4 Å². The van der Waals surface area contributed by atoms with E-state index >= 15 is 0 Å². The predicted octanol–water partition coefficient (Wildman–Crippen LogP) is 2.25. The highest BCUT2D eigenvalue weighted by molar-refractivity contribution is 5.79. The number of para-hydroxylation sites is 1. The Morgan fingerprint density at radius 2 is 2.15 bits per heavy atom. The minimum Gasteiger partial charge on any atom is -0.379 e. The van der Waals surface area contributed by atoms with Gasteiger partial charge in [0.2, 0.25) is 0 Å². The molecule has 0 bridgehead atoms. The maximum Gasteiger partial charge on any atom is 0.317 e. The summed E-state index contributed by atoms with van der Waals surface area (Å²) in [7, 11) is 4.11. The molecule has 1 aliphatic rings. The Hall–Kier alpha value is -2.05. The first-order chi connectivity index (χ1) is 12.6. The quantitative estimate of drug-likeness (QED) is 0.806. The third-order valence-electron chi connectivity index (χ3n) is 4.78. The second kappa shape index (κ2) is 9.05. The monoisotopic (exact) mass is 358 g/mol. The third-order valence-corrected chi connectivity index (χ3v) is 4.78. The molecule has 0 unspecified atom stereocenters. The van der Waals surface area contributed by atoms with E-state index in [0.717, 1.165) is 32.7 Å². The van der Waals surface area contributed by atoms with Gasteiger partial charge in [-0.25, -0.2) is 4.79 Å². The summed E-state index contributed by atoms with van der Waals surface area (Å²) in [4.78, 5) is 16.5. The highest BCUT2D eigenvalue weighted by Crippen LogP contribution is 2.15. The van der Waals surface area contributed by atoms with Crippen LogP contribution < -0.4 is 5.32 Å². The molecular formula is C20H30N4O2. The van der Waals surface area contributed by atoms with Gasteiger partial charge in [-0.1, -0.05) is 18.2 Å². The van der Waals surface area contributed by atoms with Crippen LogP contribution in [0.4, 0.5) is 4.79 Å². The number of nitrogens with zero attached hydrogens (tertiary/aromatic N) is 3. The number of aromatic nitrogens is 1. The Bertz CT molecular complexity index is 713. The molecule has 2 amide bonds. The molecule has 1 atom stereocenters.